The fraction of sp³-hybridized carbons (Fsp3) is 0.607. The number of hydrogen-bond acceptors (Lipinski definition) is 4. The van der Waals surface area contributed by atoms with Gasteiger partial charge in [-0.1, -0.05) is 51.8 Å². The number of ketones is 1. The Bertz CT molecular complexity index is 1110. The molecule has 1 saturated heterocycles. The van der Waals surface area contributed by atoms with Crippen LogP contribution in [0.15, 0.2) is 24.3 Å². The van der Waals surface area contributed by atoms with Gasteiger partial charge in [0.05, 0.1) is 12.5 Å². The van der Waals surface area contributed by atoms with Gasteiger partial charge in [0, 0.05) is 31.5 Å². The summed E-state index contributed by atoms with van der Waals surface area (Å²) in [4.78, 5) is 57.5. The van der Waals surface area contributed by atoms with Gasteiger partial charge in [0.1, 0.15) is 5.41 Å². The minimum Gasteiger partial charge on any atom is -0.347 e. The number of para-hydroxylation sites is 1. The van der Waals surface area contributed by atoms with E-state index in [1.54, 1.807) is 0 Å². The summed E-state index contributed by atoms with van der Waals surface area (Å²) in [6, 6.07) is 6.83. The molecule has 4 rings (SSSR count). The molecule has 0 bridgehead atoms. The number of amides is 3. The minimum atomic E-state index is -0.956. The lowest BCUT2D eigenvalue weighted by molar-refractivity contribution is -0.140. The number of hydrogen-bond donors (Lipinski definition) is 2. The Morgan fingerprint density at radius 1 is 1.25 bits per heavy atom. The van der Waals surface area contributed by atoms with E-state index in [1.165, 1.54) is 11.8 Å². The van der Waals surface area contributed by atoms with Crippen molar-refractivity contribution in [1.29, 1.82) is 0 Å². The number of benzene rings is 1. The summed E-state index contributed by atoms with van der Waals surface area (Å²) >= 11 is 0. The van der Waals surface area contributed by atoms with E-state index in [2.05, 4.69) is 15.5 Å². The van der Waals surface area contributed by atoms with Gasteiger partial charge in [0.25, 0.3) is 0 Å². The molecule has 3 amide bonds. The number of Topliss-reactive ketones (excluding diaryl/α,β-unsaturated/α-hetero) is 1. The fourth-order valence-corrected chi connectivity index (χ4v) is 5.76. The van der Waals surface area contributed by atoms with E-state index in [0.29, 0.717) is 18.8 Å². The number of fused-ring (bicyclic) bond motifs is 2. The van der Waals surface area contributed by atoms with Crippen LogP contribution in [0.4, 0.5) is 5.69 Å². The molecule has 192 valence electrons. The zero-order valence-electron chi connectivity index (χ0n) is 21.6. The lowest BCUT2D eigenvalue weighted by atomic mass is 9.80. The molecule has 36 heavy (non-hydrogen) atoms. The number of carbonyl (C=O) groups excluding carboxylic acids is 4. The molecule has 1 aromatic carbocycles. The fourth-order valence-electron chi connectivity index (χ4n) is 5.76. The highest BCUT2D eigenvalue weighted by Crippen LogP contribution is 2.47. The molecule has 1 aliphatic carbocycles. The van der Waals surface area contributed by atoms with Crippen LogP contribution >= 0.6 is 0 Å². The summed E-state index contributed by atoms with van der Waals surface area (Å²) < 4.78 is 0. The highest BCUT2D eigenvalue weighted by molar-refractivity contribution is 6.07. The lowest BCUT2D eigenvalue weighted by Crippen LogP contribution is -2.45. The number of carbonyl (C=O) groups is 4. The van der Waals surface area contributed by atoms with Crippen LogP contribution in [0.2, 0.25) is 0 Å². The molecule has 8 heteroatoms. The highest BCUT2D eigenvalue weighted by Gasteiger charge is 2.59. The maximum Gasteiger partial charge on any atom is 0.302 e. The van der Waals surface area contributed by atoms with Gasteiger partial charge in [-0.15, -0.1) is 0 Å². The normalized spacial score (nSPS) is 24.6. The van der Waals surface area contributed by atoms with Crippen LogP contribution in [-0.4, -0.2) is 47.2 Å². The average molecular weight is 493 g/mol. The predicted molar refractivity (Wildman–Crippen MR) is 136 cm³/mol. The summed E-state index contributed by atoms with van der Waals surface area (Å²) in [6.45, 7) is 15.4. The number of nitrogens with zero attached hydrogens (tertiary/aromatic N) is 2. The molecule has 0 unspecified atom stereocenters. The number of anilines is 1. The summed E-state index contributed by atoms with van der Waals surface area (Å²) in [5.41, 5.74) is 0.350. The minimum absolute atomic E-state index is 0.00474. The molecule has 1 saturated carbocycles. The first-order chi connectivity index (χ1) is 16.9. The van der Waals surface area contributed by atoms with Crippen LogP contribution < -0.4 is 10.6 Å². The smallest absolute Gasteiger partial charge is 0.302 e. The highest BCUT2D eigenvalue weighted by atomic mass is 16.2. The first-order valence-electron chi connectivity index (χ1n) is 12.8. The number of nitrogens with one attached hydrogen (secondary N) is 2. The van der Waals surface area contributed by atoms with Gasteiger partial charge >= 0.3 is 6.17 Å². The summed E-state index contributed by atoms with van der Waals surface area (Å²) in [5, 5.41) is 5.71. The summed E-state index contributed by atoms with van der Waals surface area (Å²) in [7, 11) is 0. The third-order valence-corrected chi connectivity index (χ3v) is 7.58. The van der Waals surface area contributed by atoms with Crippen molar-refractivity contribution in [3.63, 3.8) is 0 Å². The molecular weight excluding hydrogens is 456 g/mol. The number of likely N-dealkylation sites (tertiary alicyclic amines) is 1. The second-order valence-electron chi connectivity index (χ2n) is 11.9. The Kier molecular flexibility index (Phi) is 6.96. The Morgan fingerprint density at radius 2 is 1.94 bits per heavy atom. The second-order valence-corrected chi connectivity index (χ2v) is 11.9. The summed E-state index contributed by atoms with van der Waals surface area (Å²) in [5.74, 6) is -1.04. The third-order valence-electron chi connectivity index (χ3n) is 7.58. The van der Waals surface area contributed by atoms with Crippen LogP contribution in [0, 0.1) is 23.8 Å². The van der Waals surface area contributed by atoms with E-state index in [1.807, 2.05) is 45.0 Å². The zero-order chi connectivity index (χ0) is 26.3. The third kappa shape index (κ3) is 5.30. The van der Waals surface area contributed by atoms with Crippen molar-refractivity contribution in [2.24, 2.45) is 17.3 Å². The van der Waals surface area contributed by atoms with Gasteiger partial charge in [-0.05, 0) is 35.8 Å². The van der Waals surface area contributed by atoms with Crippen LogP contribution in [-0.2, 0) is 24.6 Å². The Balaban J connectivity index is 1.59. The number of rotatable bonds is 8. The second kappa shape index (κ2) is 9.68. The Labute approximate surface area is 213 Å². The first-order valence-corrected chi connectivity index (χ1v) is 12.8. The molecule has 2 fully saturated rings. The van der Waals surface area contributed by atoms with E-state index in [-0.39, 0.29) is 48.3 Å². The SMILES string of the molecule is [C-]#[N+][C@@H]1C[C@@]2(CN1C(=O)[C@@H](CC(=O)[C@H](CC1CC1)NC(C)=O)CC(C)(C)C)C(=O)Nc1ccccc12. The van der Waals surface area contributed by atoms with Crippen molar-refractivity contribution in [3.8, 4) is 0 Å². The van der Waals surface area contributed by atoms with Crippen molar-refractivity contribution in [2.75, 3.05) is 11.9 Å². The summed E-state index contributed by atoms with van der Waals surface area (Å²) in [6.07, 6.45) is 2.64. The molecule has 1 spiro atoms. The topological polar surface area (TPSA) is 99.9 Å². The quantitative estimate of drug-likeness (QED) is 0.541. The van der Waals surface area contributed by atoms with Gasteiger partial charge in [0.15, 0.2) is 5.78 Å². The maximum atomic E-state index is 14.0. The Morgan fingerprint density at radius 3 is 2.56 bits per heavy atom. The maximum absolute atomic E-state index is 14.0. The van der Waals surface area contributed by atoms with Gasteiger partial charge in [-0.2, -0.15) is 0 Å². The van der Waals surface area contributed by atoms with E-state index in [9.17, 15) is 19.2 Å². The van der Waals surface area contributed by atoms with Crippen LogP contribution in [0.25, 0.3) is 4.85 Å². The zero-order valence-corrected chi connectivity index (χ0v) is 21.6. The van der Waals surface area contributed by atoms with Crippen LogP contribution in [0.1, 0.15) is 71.8 Å². The van der Waals surface area contributed by atoms with E-state index in [4.69, 9.17) is 6.57 Å². The van der Waals surface area contributed by atoms with E-state index in [0.717, 1.165) is 24.1 Å². The Hall–Kier alpha value is -3.21. The monoisotopic (exact) mass is 492 g/mol. The lowest BCUT2D eigenvalue weighted by Gasteiger charge is -2.30. The molecular formula is C28H36N4O4. The van der Waals surface area contributed by atoms with Crippen molar-refractivity contribution in [2.45, 2.75) is 83.8 Å². The standard InChI is InChI=1S/C28H36N4O4/c1-17(33)30-22(12-18-10-11-18)23(34)13-19(14-27(2,3)4)25(35)32-16-28(15-24(32)29-5)20-8-6-7-9-21(20)31-26(28)36/h6-9,18-19,22,24H,10-16H2,1-4H3,(H,30,33)(H,31,36)/t19-,22-,24-,28-/m0/s1. The van der Waals surface area contributed by atoms with E-state index < -0.39 is 23.5 Å². The molecule has 2 N–H and O–H groups in total. The predicted octanol–water partition coefficient (Wildman–Crippen LogP) is 3.67. The van der Waals surface area contributed by atoms with Crippen LogP contribution in [0.3, 0.4) is 0 Å². The molecule has 8 nitrogen and oxygen atoms in total. The molecule has 0 aromatic heterocycles. The molecule has 3 aliphatic rings. The molecule has 1 aromatic rings. The largest absolute Gasteiger partial charge is 0.347 e. The van der Waals surface area contributed by atoms with Gasteiger partial charge < -0.3 is 10.6 Å². The molecule has 4 atom stereocenters. The van der Waals surface area contributed by atoms with Gasteiger partial charge in [-0.3, -0.25) is 28.9 Å². The van der Waals surface area contributed by atoms with Crippen molar-refractivity contribution in [3.05, 3.63) is 41.2 Å². The van der Waals surface area contributed by atoms with Crippen molar-refractivity contribution in [1.82, 2.24) is 10.2 Å². The van der Waals surface area contributed by atoms with Crippen molar-refractivity contribution < 1.29 is 19.2 Å². The van der Waals surface area contributed by atoms with Crippen molar-refractivity contribution >= 4 is 29.2 Å². The van der Waals surface area contributed by atoms with Gasteiger partial charge in [-0.25, -0.2) is 6.57 Å². The van der Waals surface area contributed by atoms with Crippen LogP contribution in [0.5, 0.6) is 0 Å². The molecule has 0 radical (unpaired) electrons. The average Bonchev–Trinajstić information content (AvgIpc) is 3.46. The van der Waals surface area contributed by atoms with E-state index >= 15 is 0 Å². The van der Waals surface area contributed by atoms with Gasteiger partial charge in [0.2, 0.25) is 17.7 Å². The molecule has 2 aliphatic heterocycles. The molecule has 2 heterocycles. The first kappa shape index (κ1) is 25.9.